The predicted molar refractivity (Wildman–Crippen MR) is 67.6 cm³/mol. The first kappa shape index (κ1) is 15.8. The summed E-state index contributed by atoms with van der Waals surface area (Å²) in [7, 11) is 0. The third-order valence-electron chi connectivity index (χ3n) is 3.36. The Morgan fingerprint density at radius 1 is 1.28 bits per heavy atom. The number of likely N-dealkylation sites (tertiary alicyclic amines) is 1. The van der Waals surface area contributed by atoms with E-state index in [-0.39, 0.29) is 12.6 Å². The molecule has 0 aromatic heterocycles. The van der Waals surface area contributed by atoms with Gasteiger partial charge in [0.15, 0.2) is 0 Å². The molecule has 1 saturated heterocycles. The van der Waals surface area contributed by atoms with Crippen molar-refractivity contribution in [2.24, 2.45) is 5.92 Å². The van der Waals surface area contributed by atoms with Gasteiger partial charge in [-0.1, -0.05) is 20.3 Å². The molecule has 1 fully saturated rings. The number of hydrogen-bond donors (Lipinski definition) is 1. The normalized spacial score (nSPS) is 22.7. The fourth-order valence-electron chi connectivity index (χ4n) is 2.39. The van der Waals surface area contributed by atoms with Crippen molar-refractivity contribution in [2.45, 2.75) is 51.7 Å². The van der Waals surface area contributed by atoms with E-state index in [0.29, 0.717) is 5.92 Å². The summed E-state index contributed by atoms with van der Waals surface area (Å²) in [6.45, 7) is 6.98. The zero-order chi connectivity index (χ0) is 13.6. The van der Waals surface area contributed by atoms with Crippen LogP contribution in [0.15, 0.2) is 0 Å². The summed E-state index contributed by atoms with van der Waals surface area (Å²) >= 11 is 0. The van der Waals surface area contributed by atoms with Gasteiger partial charge in [0.1, 0.15) is 0 Å². The van der Waals surface area contributed by atoms with Gasteiger partial charge in [0, 0.05) is 19.1 Å². The lowest BCUT2D eigenvalue weighted by molar-refractivity contribution is -0.139. The quantitative estimate of drug-likeness (QED) is 0.795. The molecule has 1 heterocycles. The second kappa shape index (κ2) is 7.34. The summed E-state index contributed by atoms with van der Waals surface area (Å²) in [5.41, 5.74) is 0. The van der Waals surface area contributed by atoms with Crippen LogP contribution in [0.5, 0.6) is 0 Å². The summed E-state index contributed by atoms with van der Waals surface area (Å²) < 4.78 is 36.8. The van der Waals surface area contributed by atoms with Crippen LogP contribution in [0.25, 0.3) is 0 Å². The second-order valence-corrected chi connectivity index (χ2v) is 5.60. The maximum Gasteiger partial charge on any atom is 0.390 e. The highest BCUT2D eigenvalue weighted by Crippen LogP contribution is 2.23. The van der Waals surface area contributed by atoms with Crippen molar-refractivity contribution in [3.63, 3.8) is 0 Å². The molecule has 1 aliphatic rings. The van der Waals surface area contributed by atoms with Gasteiger partial charge >= 0.3 is 6.18 Å². The van der Waals surface area contributed by atoms with Crippen molar-refractivity contribution in [3.05, 3.63) is 0 Å². The van der Waals surface area contributed by atoms with E-state index in [2.05, 4.69) is 19.2 Å². The minimum Gasteiger partial charge on any atom is -0.315 e. The van der Waals surface area contributed by atoms with Crippen molar-refractivity contribution >= 4 is 0 Å². The highest BCUT2D eigenvalue weighted by molar-refractivity contribution is 4.79. The van der Waals surface area contributed by atoms with Crippen molar-refractivity contribution in [1.29, 1.82) is 0 Å². The van der Waals surface area contributed by atoms with Gasteiger partial charge < -0.3 is 5.32 Å². The lowest BCUT2D eigenvalue weighted by Crippen LogP contribution is -2.47. The highest BCUT2D eigenvalue weighted by atomic mass is 19.4. The molecule has 0 saturated carbocycles. The summed E-state index contributed by atoms with van der Waals surface area (Å²) in [5, 5.41) is 3.36. The van der Waals surface area contributed by atoms with E-state index in [0.717, 1.165) is 38.9 Å². The number of nitrogens with zero attached hydrogens (tertiary/aromatic N) is 1. The van der Waals surface area contributed by atoms with Crippen LogP contribution in [-0.2, 0) is 0 Å². The van der Waals surface area contributed by atoms with Gasteiger partial charge in [0.2, 0.25) is 0 Å². The zero-order valence-electron chi connectivity index (χ0n) is 11.4. The summed E-state index contributed by atoms with van der Waals surface area (Å²) in [5.74, 6) is 0.581. The number of nitrogens with one attached hydrogen (secondary N) is 1. The first-order chi connectivity index (χ1) is 8.38. The van der Waals surface area contributed by atoms with Crippen molar-refractivity contribution in [2.75, 3.05) is 26.2 Å². The Bertz CT molecular complexity index is 229. The van der Waals surface area contributed by atoms with Crippen LogP contribution < -0.4 is 5.32 Å². The Labute approximate surface area is 108 Å². The van der Waals surface area contributed by atoms with Crippen LogP contribution >= 0.6 is 0 Å². The minimum atomic E-state index is -4.03. The van der Waals surface area contributed by atoms with E-state index >= 15 is 0 Å². The van der Waals surface area contributed by atoms with Crippen LogP contribution in [0.3, 0.4) is 0 Å². The first-order valence-electron chi connectivity index (χ1n) is 6.90. The van der Waals surface area contributed by atoms with Gasteiger partial charge in [-0.15, -0.1) is 0 Å². The lowest BCUT2D eigenvalue weighted by Gasteiger charge is -2.36. The number of piperidine rings is 1. The maximum atomic E-state index is 12.3. The predicted octanol–water partition coefficient (Wildman–Crippen LogP) is 3.04. The molecule has 0 amide bonds. The molecule has 0 aromatic rings. The smallest absolute Gasteiger partial charge is 0.315 e. The SMILES string of the molecule is CC(C)CNCC1CCCCN1CCC(F)(F)F. The molecule has 0 aliphatic carbocycles. The molecule has 0 spiro atoms. The van der Waals surface area contributed by atoms with E-state index in [1.165, 1.54) is 0 Å². The van der Waals surface area contributed by atoms with Crippen LogP contribution in [0.1, 0.15) is 39.5 Å². The maximum absolute atomic E-state index is 12.3. The van der Waals surface area contributed by atoms with E-state index in [1.807, 2.05) is 4.90 Å². The number of rotatable bonds is 6. The third-order valence-corrected chi connectivity index (χ3v) is 3.36. The number of hydrogen-bond acceptors (Lipinski definition) is 2. The third kappa shape index (κ3) is 6.59. The average molecular weight is 266 g/mol. The average Bonchev–Trinajstić information content (AvgIpc) is 2.26. The van der Waals surface area contributed by atoms with Crippen molar-refractivity contribution in [3.8, 4) is 0 Å². The Morgan fingerprint density at radius 2 is 2.00 bits per heavy atom. The van der Waals surface area contributed by atoms with E-state index in [1.54, 1.807) is 0 Å². The van der Waals surface area contributed by atoms with Gasteiger partial charge in [-0.3, -0.25) is 4.90 Å². The molecule has 0 aromatic carbocycles. The molecule has 108 valence electrons. The summed E-state index contributed by atoms with van der Waals surface area (Å²) in [6.07, 6.45) is -1.54. The fraction of sp³-hybridized carbons (Fsp3) is 1.00. The second-order valence-electron chi connectivity index (χ2n) is 5.60. The standard InChI is InChI=1S/C13H25F3N2/c1-11(2)9-17-10-12-5-3-4-7-18(12)8-6-13(14,15)16/h11-12,17H,3-10H2,1-2H3. The number of halogens is 3. The van der Waals surface area contributed by atoms with E-state index in [9.17, 15) is 13.2 Å². The molecule has 1 rings (SSSR count). The molecule has 0 radical (unpaired) electrons. The van der Waals surface area contributed by atoms with Crippen LogP contribution in [0.4, 0.5) is 13.2 Å². The molecular weight excluding hydrogens is 241 g/mol. The zero-order valence-corrected chi connectivity index (χ0v) is 11.4. The summed E-state index contributed by atoms with van der Waals surface area (Å²) in [6, 6.07) is 0.278. The highest BCUT2D eigenvalue weighted by Gasteiger charge is 2.30. The van der Waals surface area contributed by atoms with E-state index < -0.39 is 12.6 Å². The molecular formula is C13H25F3N2. The Hall–Kier alpha value is -0.290. The van der Waals surface area contributed by atoms with E-state index in [4.69, 9.17) is 0 Å². The largest absolute Gasteiger partial charge is 0.390 e. The Balaban J connectivity index is 2.32. The van der Waals surface area contributed by atoms with Gasteiger partial charge in [-0.25, -0.2) is 0 Å². The van der Waals surface area contributed by atoms with Gasteiger partial charge in [-0.2, -0.15) is 13.2 Å². The molecule has 1 unspecified atom stereocenters. The topological polar surface area (TPSA) is 15.3 Å². The molecule has 2 nitrogen and oxygen atoms in total. The molecule has 1 aliphatic heterocycles. The van der Waals surface area contributed by atoms with Gasteiger partial charge in [0.05, 0.1) is 6.42 Å². The van der Waals surface area contributed by atoms with Gasteiger partial charge in [0.25, 0.3) is 0 Å². The Morgan fingerprint density at radius 3 is 2.61 bits per heavy atom. The van der Waals surface area contributed by atoms with Crippen LogP contribution in [0, 0.1) is 5.92 Å². The fourth-order valence-corrected chi connectivity index (χ4v) is 2.39. The first-order valence-corrected chi connectivity index (χ1v) is 6.90. The monoisotopic (exact) mass is 266 g/mol. The minimum absolute atomic E-state index is 0.150. The molecule has 0 bridgehead atoms. The Kier molecular flexibility index (Phi) is 6.43. The van der Waals surface area contributed by atoms with Gasteiger partial charge in [-0.05, 0) is 31.8 Å². The lowest BCUT2D eigenvalue weighted by atomic mass is 10.0. The van der Waals surface area contributed by atoms with Crippen LogP contribution in [0.2, 0.25) is 0 Å². The molecule has 1 atom stereocenters. The van der Waals surface area contributed by atoms with Crippen molar-refractivity contribution < 1.29 is 13.2 Å². The molecule has 1 N–H and O–H groups in total. The molecule has 18 heavy (non-hydrogen) atoms. The van der Waals surface area contributed by atoms with Crippen LogP contribution in [-0.4, -0.2) is 43.3 Å². The van der Waals surface area contributed by atoms with Crippen molar-refractivity contribution in [1.82, 2.24) is 10.2 Å². The number of alkyl halides is 3. The summed E-state index contributed by atoms with van der Waals surface area (Å²) in [4.78, 5) is 2.00. The molecule has 5 heteroatoms.